The smallest absolute Gasteiger partial charge is 0.263 e. The number of aromatic nitrogens is 2. The van der Waals surface area contributed by atoms with Crippen LogP contribution in [0.3, 0.4) is 0 Å². The number of aryl methyl sites for hydroxylation is 3. The number of hydrogen-bond donors (Lipinski definition) is 2. The molecule has 0 atom stereocenters. The maximum atomic E-state index is 14.0. The first kappa shape index (κ1) is 20.7. The van der Waals surface area contributed by atoms with Gasteiger partial charge in [-0.15, -0.1) is 0 Å². The molecule has 158 valence electrons. The van der Waals surface area contributed by atoms with Gasteiger partial charge in [0.2, 0.25) is 0 Å². The van der Waals surface area contributed by atoms with Crippen molar-refractivity contribution >= 4 is 38.4 Å². The molecule has 0 aliphatic rings. The lowest BCUT2D eigenvalue weighted by Gasteiger charge is -2.14. The van der Waals surface area contributed by atoms with Crippen molar-refractivity contribution in [3.63, 3.8) is 0 Å². The van der Waals surface area contributed by atoms with E-state index in [9.17, 15) is 12.8 Å². The largest absolute Gasteiger partial charge is 0.337 e. The fourth-order valence-corrected chi connectivity index (χ4v) is 4.13. The molecule has 0 radical (unpaired) electrons. The number of benzene rings is 3. The number of rotatable bonds is 5. The molecule has 1 heterocycles. The highest BCUT2D eigenvalue weighted by atomic mass is 32.2. The quantitative estimate of drug-likeness (QED) is 0.447. The molecule has 0 amide bonds. The van der Waals surface area contributed by atoms with Crippen LogP contribution in [0.2, 0.25) is 0 Å². The van der Waals surface area contributed by atoms with Gasteiger partial charge >= 0.3 is 0 Å². The van der Waals surface area contributed by atoms with Crippen LogP contribution in [0, 0.1) is 26.6 Å². The van der Waals surface area contributed by atoms with Gasteiger partial charge in [-0.25, -0.2) is 22.8 Å². The number of nitrogens with zero attached hydrogens (tertiary/aromatic N) is 2. The third-order valence-electron chi connectivity index (χ3n) is 5.02. The van der Waals surface area contributed by atoms with Crippen LogP contribution >= 0.6 is 0 Å². The zero-order chi connectivity index (χ0) is 22.2. The summed E-state index contributed by atoms with van der Waals surface area (Å²) in [4.78, 5) is 9.09. The Morgan fingerprint density at radius 3 is 2.06 bits per heavy atom. The third kappa shape index (κ3) is 4.34. The maximum absolute atomic E-state index is 14.0. The first-order chi connectivity index (χ1) is 14.7. The van der Waals surface area contributed by atoms with E-state index in [1.807, 2.05) is 19.9 Å². The fraction of sp³-hybridized carbons (Fsp3) is 0.130. The van der Waals surface area contributed by atoms with Gasteiger partial charge < -0.3 is 5.32 Å². The summed E-state index contributed by atoms with van der Waals surface area (Å²) in [6.07, 6.45) is 0. The van der Waals surface area contributed by atoms with E-state index in [1.54, 1.807) is 55.5 Å². The molecule has 0 aliphatic carbocycles. The van der Waals surface area contributed by atoms with Crippen LogP contribution in [-0.2, 0) is 10.0 Å². The molecular weight excluding hydrogens is 415 g/mol. The molecule has 4 rings (SSSR count). The van der Waals surface area contributed by atoms with Crippen molar-refractivity contribution in [3.8, 4) is 0 Å². The second-order valence-corrected chi connectivity index (χ2v) is 9.03. The van der Waals surface area contributed by atoms with E-state index >= 15 is 0 Å². The number of para-hydroxylation sites is 2. The van der Waals surface area contributed by atoms with E-state index in [-0.39, 0.29) is 22.3 Å². The van der Waals surface area contributed by atoms with Crippen molar-refractivity contribution in [1.29, 1.82) is 0 Å². The zero-order valence-corrected chi connectivity index (χ0v) is 18.1. The van der Waals surface area contributed by atoms with Crippen LogP contribution in [0.5, 0.6) is 0 Å². The van der Waals surface area contributed by atoms with Gasteiger partial charge in [0.1, 0.15) is 5.82 Å². The van der Waals surface area contributed by atoms with E-state index in [2.05, 4.69) is 20.0 Å². The monoisotopic (exact) mass is 436 g/mol. The molecule has 0 spiro atoms. The Bertz CT molecular complexity index is 1400. The summed E-state index contributed by atoms with van der Waals surface area (Å²) in [6.45, 7) is 5.43. The normalized spacial score (nSPS) is 11.5. The highest BCUT2D eigenvalue weighted by molar-refractivity contribution is 7.92. The summed E-state index contributed by atoms with van der Waals surface area (Å²) >= 11 is 0. The van der Waals surface area contributed by atoms with E-state index < -0.39 is 10.0 Å². The number of nitrogens with one attached hydrogen (secondary N) is 2. The zero-order valence-electron chi connectivity index (χ0n) is 17.3. The predicted molar refractivity (Wildman–Crippen MR) is 121 cm³/mol. The molecule has 8 heteroatoms. The summed E-state index contributed by atoms with van der Waals surface area (Å²) in [5.74, 6) is -0.178. The average molecular weight is 437 g/mol. The molecule has 3 aromatic carbocycles. The van der Waals surface area contributed by atoms with Crippen LogP contribution < -0.4 is 10.0 Å². The van der Waals surface area contributed by atoms with Crippen LogP contribution in [0.25, 0.3) is 11.0 Å². The van der Waals surface area contributed by atoms with Gasteiger partial charge in [0.15, 0.2) is 11.6 Å². The summed E-state index contributed by atoms with van der Waals surface area (Å²) in [6, 6.07) is 16.7. The Balaban J connectivity index is 1.78. The first-order valence-corrected chi connectivity index (χ1v) is 11.1. The van der Waals surface area contributed by atoms with Gasteiger partial charge in [-0.3, -0.25) is 4.72 Å². The second-order valence-electron chi connectivity index (χ2n) is 7.35. The standard InChI is InChI=1S/C23H21FN4O2S/c1-14-9-11-18(12-16(14)3)31(29,30)28-23-22(25-17-10-8-15(2)19(24)13-17)26-20-6-4-5-7-21(20)27-23/h4-13H,1-3H3,(H,25,26)(H,27,28). The van der Waals surface area contributed by atoms with E-state index in [1.165, 1.54) is 6.07 Å². The van der Waals surface area contributed by atoms with Gasteiger partial charge in [0, 0.05) is 5.69 Å². The van der Waals surface area contributed by atoms with Crippen molar-refractivity contribution in [2.75, 3.05) is 10.0 Å². The van der Waals surface area contributed by atoms with Gasteiger partial charge in [-0.1, -0.05) is 24.3 Å². The predicted octanol–water partition coefficient (Wildman–Crippen LogP) is 5.24. The Kier molecular flexibility index (Phi) is 5.32. The molecule has 4 aromatic rings. The lowest BCUT2D eigenvalue weighted by atomic mass is 10.1. The number of hydrogen-bond acceptors (Lipinski definition) is 5. The Hall–Kier alpha value is -3.52. The number of fused-ring (bicyclic) bond motifs is 1. The van der Waals surface area contributed by atoms with E-state index in [4.69, 9.17) is 0 Å². The molecule has 0 saturated carbocycles. The topological polar surface area (TPSA) is 84.0 Å². The Morgan fingerprint density at radius 1 is 0.774 bits per heavy atom. The van der Waals surface area contributed by atoms with Crippen molar-refractivity contribution < 1.29 is 12.8 Å². The molecule has 6 nitrogen and oxygen atoms in total. The minimum absolute atomic E-state index is 0.0258. The average Bonchev–Trinajstić information content (AvgIpc) is 2.73. The van der Waals surface area contributed by atoms with Crippen molar-refractivity contribution in [3.05, 3.63) is 83.2 Å². The van der Waals surface area contributed by atoms with Gasteiger partial charge in [0.25, 0.3) is 10.0 Å². The van der Waals surface area contributed by atoms with Gasteiger partial charge in [-0.2, -0.15) is 0 Å². The Labute approximate surface area is 180 Å². The second kappa shape index (κ2) is 7.96. The van der Waals surface area contributed by atoms with Gasteiger partial charge in [-0.05, 0) is 73.9 Å². The summed E-state index contributed by atoms with van der Waals surface area (Å²) in [5.41, 5.74) is 3.90. The molecule has 0 aliphatic heterocycles. The van der Waals surface area contributed by atoms with Crippen LogP contribution in [0.15, 0.2) is 65.6 Å². The van der Waals surface area contributed by atoms with Crippen LogP contribution in [0.4, 0.5) is 21.7 Å². The number of anilines is 3. The van der Waals surface area contributed by atoms with E-state index in [0.29, 0.717) is 22.3 Å². The Morgan fingerprint density at radius 2 is 1.42 bits per heavy atom. The molecule has 0 unspecified atom stereocenters. The summed E-state index contributed by atoms with van der Waals surface area (Å²) in [5, 5.41) is 2.99. The SMILES string of the molecule is Cc1ccc(S(=O)(=O)Nc2nc3ccccc3nc2Nc2ccc(C)c(F)c2)cc1C. The van der Waals surface area contributed by atoms with Gasteiger partial charge in [0.05, 0.1) is 15.9 Å². The van der Waals surface area contributed by atoms with Crippen LogP contribution in [0.1, 0.15) is 16.7 Å². The lowest BCUT2D eigenvalue weighted by molar-refractivity contribution is 0.601. The third-order valence-corrected chi connectivity index (χ3v) is 6.36. The number of halogens is 1. The molecule has 0 bridgehead atoms. The number of sulfonamides is 1. The molecule has 1 aromatic heterocycles. The highest BCUT2D eigenvalue weighted by Gasteiger charge is 2.19. The van der Waals surface area contributed by atoms with Crippen molar-refractivity contribution in [2.24, 2.45) is 0 Å². The molecule has 31 heavy (non-hydrogen) atoms. The molecule has 0 fully saturated rings. The van der Waals surface area contributed by atoms with Crippen molar-refractivity contribution in [1.82, 2.24) is 9.97 Å². The molecule has 2 N–H and O–H groups in total. The van der Waals surface area contributed by atoms with Crippen LogP contribution in [-0.4, -0.2) is 18.4 Å². The molecule has 0 saturated heterocycles. The summed E-state index contributed by atoms with van der Waals surface area (Å²) < 4.78 is 42.6. The van der Waals surface area contributed by atoms with E-state index in [0.717, 1.165) is 11.1 Å². The lowest BCUT2D eigenvalue weighted by Crippen LogP contribution is -2.16. The fourth-order valence-electron chi connectivity index (χ4n) is 3.03. The first-order valence-electron chi connectivity index (χ1n) is 9.63. The molecular formula is C23H21FN4O2S. The maximum Gasteiger partial charge on any atom is 0.263 e. The van der Waals surface area contributed by atoms with Crippen molar-refractivity contribution in [2.45, 2.75) is 25.7 Å². The highest BCUT2D eigenvalue weighted by Crippen LogP contribution is 2.28. The summed E-state index contributed by atoms with van der Waals surface area (Å²) in [7, 11) is -3.92. The minimum atomic E-state index is -3.92. The minimum Gasteiger partial charge on any atom is -0.337 e.